The molecule has 0 amide bonds. The molecular formula is C17H29N3O4. The molecular weight excluding hydrogens is 310 g/mol. The van der Waals surface area contributed by atoms with Gasteiger partial charge in [-0.15, -0.1) is 0 Å². The Hall–Kier alpha value is -1.44. The topological polar surface area (TPSA) is 79.0 Å². The minimum absolute atomic E-state index is 0.0115. The van der Waals surface area contributed by atoms with E-state index >= 15 is 0 Å². The number of oxazole rings is 1. The van der Waals surface area contributed by atoms with E-state index in [4.69, 9.17) is 14.3 Å². The van der Waals surface area contributed by atoms with E-state index in [1.165, 1.54) is 0 Å². The van der Waals surface area contributed by atoms with Crippen LogP contribution < -0.4 is 0 Å². The number of carbonyl (C=O) groups is 1. The van der Waals surface area contributed by atoms with Crippen molar-refractivity contribution in [3.05, 3.63) is 17.8 Å². The lowest BCUT2D eigenvalue weighted by molar-refractivity contribution is -0.138. The van der Waals surface area contributed by atoms with Crippen LogP contribution in [0.2, 0.25) is 0 Å². The molecule has 136 valence electrons. The molecule has 0 radical (unpaired) electrons. The number of ether oxygens (including phenoxy) is 1. The van der Waals surface area contributed by atoms with Gasteiger partial charge in [0, 0.05) is 25.0 Å². The number of rotatable bonds is 6. The van der Waals surface area contributed by atoms with E-state index in [0.29, 0.717) is 13.2 Å². The molecule has 24 heavy (non-hydrogen) atoms. The molecule has 2 atom stereocenters. The van der Waals surface area contributed by atoms with E-state index in [9.17, 15) is 4.79 Å². The summed E-state index contributed by atoms with van der Waals surface area (Å²) in [7, 11) is 1.80. The van der Waals surface area contributed by atoms with E-state index in [1.54, 1.807) is 11.9 Å². The Morgan fingerprint density at radius 2 is 2.25 bits per heavy atom. The maximum Gasteiger partial charge on any atom is 0.317 e. The Bertz CT molecular complexity index is 552. The fourth-order valence-corrected chi connectivity index (χ4v) is 2.83. The third kappa shape index (κ3) is 5.03. The SMILES string of the molecule is CC(c1ncc(C(C)(C)C)o1)N1CCOC(CN(C)CC(=O)O)C1. The van der Waals surface area contributed by atoms with E-state index in [0.717, 1.165) is 24.7 Å². The van der Waals surface area contributed by atoms with Crippen LogP contribution in [0.25, 0.3) is 0 Å². The number of aromatic nitrogens is 1. The fourth-order valence-electron chi connectivity index (χ4n) is 2.83. The van der Waals surface area contributed by atoms with Crippen LogP contribution in [0.15, 0.2) is 10.6 Å². The summed E-state index contributed by atoms with van der Waals surface area (Å²) in [4.78, 5) is 19.3. The normalized spacial score (nSPS) is 21.2. The average Bonchev–Trinajstić information content (AvgIpc) is 2.95. The van der Waals surface area contributed by atoms with E-state index in [-0.39, 0.29) is 24.1 Å². The third-order valence-corrected chi connectivity index (χ3v) is 4.26. The molecule has 1 fully saturated rings. The maximum atomic E-state index is 10.8. The van der Waals surface area contributed by atoms with Crippen molar-refractivity contribution in [2.45, 2.75) is 45.3 Å². The van der Waals surface area contributed by atoms with Gasteiger partial charge >= 0.3 is 5.97 Å². The number of nitrogens with zero attached hydrogens (tertiary/aromatic N) is 3. The zero-order chi connectivity index (χ0) is 17.9. The molecule has 2 unspecified atom stereocenters. The molecule has 1 aliphatic rings. The Balaban J connectivity index is 1.96. The van der Waals surface area contributed by atoms with Crippen molar-refractivity contribution in [1.82, 2.24) is 14.8 Å². The van der Waals surface area contributed by atoms with Gasteiger partial charge in [-0.2, -0.15) is 0 Å². The van der Waals surface area contributed by atoms with Gasteiger partial charge in [-0.05, 0) is 14.0 Å². The monoisotopic (exact) mass is 339 g/mol. The molecule has 1 N–H and O–H groups in total. The molecule has 1 aromatic heterocycles. The number of hydrogen-bond acceptors (Lipinski definition) is 6. The fraction of sp³-hybridized carbons (Fsp3) is 0.765. The van der Waals surface area contributed by atoms with E-state index in [1.807, 2.05) is 6.20 Å². The lowest BCUT2D eigenvalue weighted by atomic mass is 9.94. The van der Waals surface area contributed by atoms with Crippen LogP contribution in [0.1, 0.15) is 45.4 Å². The van der Waals surface area contributed by atoms with Gasteiger partial charge in [0.05, 0.1) is 31.5 Å². The highest BCUT2D eigenvalue weighted by Gasteiger charge is 2.29. The van der Waals surface area contributed by atoms with Gasteiger partial charge in [0.1, 0.15) is 5.76 Å². The van der Waals surface area contributed by atoms with Crippen molar-refractivity contribution < 1.29 is 19.1 Å². The maximum absolute atomic E-state index is 10.8. The molecule has 7 nitrogen and oxygen atoms in total. The van der Waals surface area contributed by atoms with Gasteiger partial charge in [0.2, 0.25) is 5.89 Å². The van der Waals surface area contributed by atoms with Gasteiger partial charge < -0.3 is 14.3 Å². The molecule has 1 aromatic rings. The van der Waals surface area contributed by atoms with Gasteiger partial charge in [-0.3, -0.25) is 14.6 Å². The molecule has 0 spiro atoms. The second kappa shape index (κ2) is 7.63. The second-order valence-corrected chi connectivity index (χ2v) is 7.57. The van der Waals surface area contributed by atoms with Crippen LogP contribution in [-0.4, -0.2) is 71.8 Å². The van der Waals surface area contributed by atoms with Crippen LogP contribution >= 0.6 is 0 Å². The summed E-state index contributed by atoms with van der Waals surface area (Å²) in [5, 5.41) is 8.86. The number of carboxylic acids is 1. The summed E-state index contributed by atoms with van der Waals surface area (Å²) < 4.78 is 11.7. The number of aliphatic carboxylic acids is 1. The Kier molecular flexibility index (Phi) is 6.01. The van der Waals surface area contributed by atoms with Crippen molar-refractivity contribution in [2.75, 3.05) is 39.8 Å². The first-order valence-corrected chi connectivity index (χ1v) is 8.39. The Labute approximate surface area is 143 Å². The zero-order valence-electron chi connectivity index (χ0n) is 15.3. The van der Waals surface area contributed by atoms with Crippen LogP contribution in [0.3, 0.4) is 0 Å². The summed E-state index contributed by atoms with van der Waals surface area (Å²) in [5.74, 6) is 0.780. The Morgan fingerprint density at radius 1 is 1.54 bits per heavy atom. The lowest BCUT2D eigenvalue weighted by Crippen LogP contribution is -2.48. The van der Waals surface area contributed by atoms with E-state index in [2.05, 4.69) is 37.6 Å². The first-order chi connectivity index (χ1) is 11.2. The lowest BCUT2D eigenvalue weighted by Gasteiger charge is -2.36. The van der Waals surface area contributed by atoms with Crippen LogP contribution in [0, 0.1) is 0 Å². The van der Waals surface area contributed by atoms with Gasteiger partial charge in [-0.1, -0.05) is 20.8 Å². The summed E-state index contributed by atoms with van der Waals surface area (Å²) in [6, 6.07) is 0.0669. The molecule has 0 aliphatic carbocycles. The molecule has 1 aliphatic heterocycles. The molecule has 2 rings (SSSR count). The minimum Gasteiger partial charge on any atom is -0.480 e. The van der Waals surface area contributed by atoms with Crippen LogP contribution in [0.4, 0.5) is 0 Å². The summed E-state index contributed by atoms with van der Waals surface area (Å²) in [6.07, 6.45) is 1.80. The summed E-state index contributed by atoms with van der Waals surface area (Å²) in [5.41, 5.74) is -0.0575. The van der Waals surface area contributed by atoms with Gasteiger partial charge in [0.15, 0.2) is 0 Å². The van der Waals surface area contributed by atoms with Crippen LogP contribution in [0.5, 0.6) is 0 Å². The van der Waals surface area contributed by atoms with E-state index < -0.39 is 5.97 Å². The highest BCUT2D eigenvalue weighted by molar-refractivity contribution is 5.69. The predicted molar refractivity (Wildman–Crippen MR) is 90.1 cm³/mol. The quantitative estimate of drug-likeness (QED) is 0.846. The van der Waals surface area contributed by atoms with Crippen molar-refractivity contribution in [3.63, 3.8) is 0 Å². The molecule has 7 heteroatoms. The number of likely N-dealkylation sites (N-methyl/N-ethyl adjacent to an activating group) is 1. The highest BCUT2D eigenvalue weighted by atomic mass is 16.5. The molecule has 0 aromatic carbocycles. The van der Waals surface area contributed by atoms with Crippen molar-refractivity contribution in [3.8, 4) is 0 Å². The standard InChI is InChI=1S/C17H29N3O4/c1-12(16-18-8-14(24-16)17(2,3)4)20-6-7-23-13(10-20)9-19(5)11-15(21)22/h8,12-13H,6-7,9-11H2,1-5H3,(H,21,22). The van der Waals surface area contributed by atoms with Crippen molar-refractivity contribution in [2.24, 2.45) is 0 Å². The van der Waals surface area contributed by atoms with Crippen LogP contribution in [-0.2, 0) is 14.9 Å². The predicted octanol–water partition coefficient (Wildman–Crippen LogP) is 1.75. The third-order valence-electron chi connectivity index (χ3n) is 4.26. The average molecular weight is 339 g/mol. The molecule has 0 bridgehead atoms. The second-order valence-electron chi connectivity index (χ2n) is 7.57. The highest BCUT2D eigenvalue weighted by Crippen LogP contribution is 2.28. The number of hydrogen-bond donors (Lipinski definition) is 1. The van der Waals surface area contributed by atoms with Gasteiger partial charge in [-0.25, -0.2) is 4.98 Å². The van der Waals surface area contributed by atoms with Crippen molar-refractivity contribution in [1.29, 1.82) is 0 Å². The van der Waals surface area contributed by atoms with Crippen molar-refractivity contribution >= 4 is 5.97 Å². The molecule has 0 saturated carbocycles. The molecule has 1 saturated heterocycles. The minimum atomic E-state index is -0.826. The first-order valence-electron chi connectivity index (χ1n) is 8.39. The summed E-state index contributed by atoms with van der Waals surface area (Å²) in [6.45, 7) is 11.2. The molecule has 2 heterocycles. The zero-order valence-corrected chi connectivity index (χ0v) is 15.3. The number of morpholine rings is 1. The first kappa shape index (κ1) is 18.9. The van der Waals surface area contributed by atoms with Gasteiger partial charge in [0.25, 0.3) is 0 Å². The number of carboxylic acid groups (broad SMARTS) is 1. The Morgan fingerprint density at radius 3 is 2.83 bits per heavy atom. The smallest absolute Gasteiger partial charge is 0.317 e. The largest absolute Gasteiger partial charge is 0.480 e. The summed E-state index contributed by atoms with van der Waals surface area (Å²) >= 11 is 0.